The van der Waals surface area contributed by atoms with Crippen LogP contribution in [0.1, 0.15) is 18.9 Å². The Kier molecular flexibility index (Phi) is 3.96. The summed E-state index contributed by atoms with van der Waals surface area (Å²) in [5, 5.41) is 0. The quantitative estimate of drug-likeness (QED) is 0.757. The maximum atomic E-state index is 13.6. The number of hydrogen-bond acceptors (Lipinski definition) is 4. The molecule has 1 heterocycles. The molecule has 0 spiro atoms. The summed E-state index contributed by atoms with van der Waals surface area (Å²) in [6.07, 6.45) is -5.11. The van der Waals surface area contributed by atoms with Crippen molar-refractivity contribution in [3.8, 4) is 0 Å². The van der Waals surface area contributed by atoms with Gasteiger partial charge in [-0.1, -0.05) is 17.7 Å². The highest BCUT2D eigenvalue weighted by Gasteiger charge is 2.87. The van der Waals surface area contributed by atoms with Crippen molar-refractivity contribution in [3.63, 3.8) is 0 Å². The number of alkyl halides is 3. The van der Waals surface area contributed by atoms with Crippen LogP contribution in [0.4, 0.5) is 13.2 Å². The smallest absolute Gasteiger partial charge is 0.396 e. The number of piperidine rings is 1. The number of aryl methyl sites for hydroxylation is 1. The molecule has 5 nitrogen and oxygen atoms in total. The van der Waals surface area contributed by atoms with E-state index < -0.39 is 52.5 Å². The Morgan fingerprint density at radius 1 is 1.24 bits per heavy atom. The molecule has 1 saturated carbocycles. The highest BCUT2D eigenvalue weighted by molar-refractivity contribution is 7.89. The third-order valence-electron chi connectivity index (χ3n) is 5.15. The Balaban J connectivity index is 1.97. The number of esters is 1. The number of carbonyl (C=O) groups excluding carboxylic acids is 1. The molecule has 2 fully saturated rings. The molecule has 9 heteroatoms. The standard InChI is InChI=1S/C16H18F3NO4S/c1-3-24-13(21)14-8-15(14,16(17,18)19)10-20(9-14)25(22,23)12-6-4-11(2)5-7-12/h4-7H,3,8-10H2,1-2H3/t14-,15-/m0/s1. The zero-order valence-electron chi connectivity index (χ0n) is 13.8. The second kappa shape index (κ2) is 5.44. The first-order valence-electron chi connectivity index (χ1n) is 7.81. The summed E-state index contributed by atoms with van der Waals surface area (Å²) in [4.78, 5) is 12.1. The van der Waals surface area contributed by atoms with Gasteiger partial charge in [0.1, 0.15) is 0 Å². The molecule has 1 aromatic carbocycles. The second-order valence-corrected chi connectivity index (χ2v) is 8.58. The van der Waals surface area contributed by atoms with Gasteiger partial charge in [-0.3, -0.25) is 4.79 Å². The van der Waals surface area contributed by atoms with Gasteiger partial charge in [0.25, 0.3) is 0 Å². The second-order valence-electron chi connectivity index (χ2n) is 6.65. The lowest BCUT2D eigenvalue weighted by Gasteiger charge is -2.22. The van der Waals surface area contributed by atoms with E-state index in [4.69, 9.17) is 4.74 Å². The summed E-state index contributed by atoms with van der Waals surface area (Å²) < 4.78 is 71.8. The zero-order valence-corrected chi connectivity index (χ0v) is 14.6. The SMILES string of the molecule is CCOC(=O)[C@]12CN(S(=O)(=O)c3ccc(C)cc3)C[C@@]1(C(F)(F)F)C2. The number of benzene rings is 1. The molecule has 0 unspecified atom stereocenters. The topological polar surface area (TPSA) is 63.7 Å². The van der Waals surface area contributed by atoms with E-state index >= 15 is 0 Å². The molecular weight excluding hydrogens is 359 g/mol. The predicted octanol–water partition coefficient (Wildman–Crippen LogP) is 2.50. The van der Waals surface area contributed by atoms with Crippen molar-refractivity contribution >= 4 is 16.0 Å². The minimum atomic E-state index is -4.68. The van der Waals surface area contributed by atoms with Gasteiger partial charge in [-0.05, 0) is 32.4 Å². The van der Waals surface area contributed by atoms with Gasteiger partial charge in [0.2, 0.25) is 10.0 Å². The van der Waals surface area contributed by atoms with E-state index in [1.807, 2.05) is 0 Å². The molecule has 138 valence electrons. The monoisotopic (exact) mass is 377 g/mol. The van der Waals surface area contributed by atoms with E-state index in [9.17, 15) is 26.4 Å². The van der Waals surface area contributed by atoms with E-state index in [0.717, 1.165) is 9.87 Å². The molecular formula is C16H18F3NO4S. The zero-order chi connectivity index (χ0) is 18.7. The Morgan fingerprint density at radius 3 is 2.36 bits per heavy atom. The Morgan fingerprint density at radius 2 is 1.84 bits per heavy atom. The number of fused-ring (bicyclic) bond motifs is 1. The molecule has 1 aliphatic heterocycles. The Hall–Kier alpha value is -1.61. The van der Waals surface area contributed by atoms with Crippen LogP contribution in [0.2, 0.25) is 0 Å². The molecule has 1 aromatic rings. The Bertz CT molecular complexity index is 806. The van der Waals surface area contributed by atoms with Gasteiger partial charge in [-0.25, -0.2) is 8.42 Å². The van der Waals surface area contributed by atoms with E-state index in [0.29, 0.717) is 0 Å². The van der Waals surface area contributed by atoms with Gasteiger partial charge in [0, 0.05) is 13.1 Å². The number of nitrogens with zero attached hydrogens (tertiary/aromatic N) is 1. The van der Waals surface area contributed by atoms with E-state index in [1.54, 1.807) is 19.1 Å². The van der Waals surface area contributed by atoms with Crippen LogP contribution in [0.25, 0.3) is 0 Å². The van der Waals surface area contributed by atoms with E-state index in [1.165, 1.54) is 19.1 Å². The van der Waals surface area contributed by atoms with E-state index in [-0.39, 0.29) is 11.5 Å². The average molecular weight is 377 g/mol. The molecule has 1 saturated heterocycles. The molecule has 0 radical (unpaired) electrons. The fourth-order valence-corrected chi connectivity index (χ4v) is 5.19. The molecule has 25 heavy (non-hydrogen) atoms. The normalized spacial score (nSPS) is 29.3. The van der Waals surface area contributed by atoms with Gasteiger partial charge in [0.05, 0.1) is 22.3 Å². The van der Waals surface area contributed by atoms with Crippen LogP contribution in [0.3, 0.4) is 0 Å². The van der Waals surface area contributed by atoms with Gasteiger partial charge in [-0.15, -0.1) is 0 Å². The first kappa shape index (κ1) is 18.2. The number of sulfonamides is 1. The maximum absolute atomic E-state index is 13.6. The first-order chi connectivity index (χ1) is 11.5. The van der Waals surface area contributed by atoms with Crippen molar-refractivity contribution in [1.29, 1.82) is 0 Å². The highest BCUT2D eigenvalue weighted by Crippen LogP contribution is 2.75. The number of hydrogen-bond donors (Lipinski definition) is 0. The van der Waals surface area contributed by atoms with Gasteiger partial charge in [-0.2, -0.15) is 17.5 Å². The van der Waals surface area contributed by atoms with Crippen LogP contribution < -0.4 is 0 Å². The summed E-state index contributed by atoms with van der Waals surface area (Å²) in [7, 11) is -4.12. The fourth-order valence-electron chi connectivity index (χ4n) is 3.64. The number of ether oxygens (including phenoxy) is 1. The average Bonchev–Trinajstić information content (AvgIpc) is 3.06. The minimum absolute atomic E-state index is 0.0563. The van der Waals surface area contributed by atoms with Gasteiger partial charge >= 0.3 is 12.1 Å². The predicted molar refractivity (Wildman–Crippen MR) is 82.1 cm³/mol. The number of carbonyl (C=O) groups is 1. The van der Waals surface area contributed by atoms with Crippen molar-refractivity contribution in [1.82, 2.24) is 4.31 Å². The van der Waals surface area contributed by atoms with Crippen LogP contribution in [-0.4, -0.2) is 44.6 Å². The molecule has 0 amide bonds. The van der Waals surface area contributed by atoms with Crippen LogP contribution >= 0.6 is 0 Å². The van der Waals surface area contributed by atoms with Crippen LogP contribution in [0.15, 0.2) is 29.2 Å². The molecule has 0 N–H and O–H groups in total. The largest absolute Gasteiger partial charge is 0.466 e. The van der Waals surface area contributed by atoms with Crippen LogP contribution in [-0.2, 0) is 19.6 Å². The maximum Gasteiger partial charge on any atom is 0.396 e. The van der Waals surface area contributed by atoms with Gasteiger partial charge in [0.15, 0.2) is 0 Å². The molecule has 2 aliphatic rings. The van der Waals surface area contributed by atoms with Crippen molar-refractivity contribution < 1.29 is 31.1 Å². The highest BCUT2D eigenvalue weighted by atomic mass is 32.2. The van der Waals surface area contributed by atoms with Gasteiger partial charge < -0.3 is 4.74 Å². The lowest BCUT2D eigenvalue weighted by atomic mass is 9.96. The molecule has 0 aromatic heterocycles. The summed E-state index contributed by atoms with van der Waals surface area (Å²) in [6.45, 7) is 1.95. The molecule has 0 bridgehead atoms. The summed E-state index contributed by atoms with van der Waals surface area (Å²) >= 11 is 0. The van der Waals surface area contributed by atoms with Crippen molar-refractivity contribution in [2.45, 2.75) is 31.3 Å². The molecule has 2 atom stereocenters. The van der Waals surface area contributed by atoms with Crippen molar-refractivity contribution in [2.24, 2.45) is 10.8 Å². The van der Waals surface area contributed by atoms with Crippen molar-refractivity contribution in [2.75, 3.05) is 19.7 Å². The van der Waals surface area contributed by atoms with E-state index in [2.05, 4.69) is 0 Å². The first-order valence-corrected chi connectivity index (χ1v) is 9.25. The summed E-state index contributed by atoms with van der Waals surface area (Å²) in [6, 6.07) is 5.85. The third kappa shape index (κ3) is 2.47. The lowest BCUT2D eigenvalue weighted by Crippen LogP contribution is -2.36. The van der Waals surface area contributed by atoms with Crippen LogP contribution in [0.5, 0.6) is 0 Å². The van der Waals surface area contributed by atoms with Crippen molar-refractivity contribution in [3.05, 3.63) is 29.8 Å². The number of halogens is 3. The summed E-state index contributed by atoms with van der Waals surface area (Å²) in [5.41, 5.74) is -3.36. The fraction of sp³-hybridized carbons (Fsp3) is 0.562. The Labute approximate surface area is 143 Å². The summed E-state index contributed by atoms with van der Waals surface area (Å²) in [5.74, 6) is -0.978. The lowest BCUT2D eigenvalue weighted by molar-refractivity contribution is -0.197. The third-order valence-corrected chi connectivity index (χ3v) is 6.96. The number of rotatable bonds is 4. The molecule has 1 aliphatic carbocycles. The minimum Gasteiger partial charge on any atom is -0.466 e. The van der Waals surface area contributed by atoms with Crippen LogP contribution in [0, 0.1) is 17.8 Å². The molecule has 3 rings (SSSR count).